The predicted molar refractivity (Wildman–Crippen MR) is 144 cm³/mol. The van der Waals surface area contributed by atoms with Crippen LogP contribution in [-0.4, -0.2) is 65.5 Å². The van der Waals surface area contributed by atoms with E-state index in [1.807, 2.05) is 19.9 Å². The van der Waals surface area contributed by atoms with Crippen LogP contribution in [0.5, 0.6) is 0 Å². The van der Waals surface area contributed by atoms with Crippen molar-refractivity contribution in [2.75, 3.05) is 26.8 Å². The number of rotatable bonds is 16. The largest absolute Gasteiger partial charge is 0.391 e. The number of hydrogen-bond donors (Lipinski definition) is 3. The molecule has 0 aliphatic rings. The maximum atomic E-state index is 13.9. The van der Waals surface area contributed by atoms with Crippen LogP contribution in [0, 0.1) is 17.7 Å². The molecule has 0 spiro atoms. The Labute approximate surface area is 216 Å². The summed E-state index contributed by atoms with van der Waals surface area (Å²) in [7, 11) is 1.67. The second-order valence-electron chi connectivity index (χ2n) is 10.5. The van der Waals surface area contributed by atoms with Crippen molar-refractivity contribution in [1.29, 1.82) is 0 Å². The molecule has 4 N–H and O–H groups in total. The van der Waals surface area contributed by atoms with Gasteiger partial charge in [-0.1, -0.05) is 27.2 Å². The normalized spacial score (nSPS) is 14.7. The summed E-state index contributed by atoms with van der Waals surface area (Å²) in [6, 6.07) is 6.51. The number of amides is 1. The minimum Gasteiger partial charge on any atom is -0.391 e. The number of aliphatic hydroxyl groups excluding tert-OH is 1. The van der Waals surface area contributed by atoms with Gasteiger partial charge in [-0.2, -0.15) is 0 Å². The molecule has 0 saturated heterocycles. The molecule has 204 valence electrons. The Morgan fingerprint density at radius 2 is 1.97 bits per heavy atom. The first-order valence-corrected chi connectivity index (χ1v) is 13.3. The number of halogens is 1. The van der Waals surface area contributed by atoms with Gasteiger partial charge in [0.05, 0.1) is 12.7 Å². The summed E-state index contributed by atoms with van der Waals surface area (Å²) in [6.45, 7) is 13.2. The van der Waals surface area contributed by atoms with Gasteiger partial charge in [0.2, 0.25) is 5.91 Å². The smallest absolute Gasteiger partial charge is 0.223 e. The van der Waals surface area contributed by atoms with Gasteiger partial charge in [-0.15, -0.1) is 0 Å². The van der Waals surface area contributed by atoms with Crippen molar-refractivity contribution in [2.24, 2.45) is 17.6 Å². The van der Waals surface area contributed by atoms with Crippen LogP contribution in [0.3, 0.4) is 0 Å². The van der Waals surface area contributed by atoms with Gasteiger partial charge in [0.25, 0.3) is 0 Å². The highest BCUT2D eigenvalue weighted by Crippen LogP contribution is 2.24. The molecule has 36 heavy (non-hydrogen) atoms. The first-order valence-electron chi connectivity index (χ1n) is 13.3. The fraction of sp³-hybridized carbons (Fsp3) is 0.679. The first kappa shape index (κ1) is 30.2. The van der Waals surface area contributed by atoms with Crippen LogP contribution in [0.1, 0.15) is 59.6 Å². The van der Waals surface area contributed by atoms with Crippen molar-refractivity contribution in [3.63, 3.8) is 0 Å². The number of carbonyl (C=O) groups excluding carboxylic acids is 1. The number of nitrogens with one attached hydrogen (secondary N) is 1. The number of aromatic nitrogens is 1. The second-order valence-corrected chi connectivity index (χ2v) is 10.5. The van der Waals surface area contributed by atoms with Gasteiger partial charge in [-0.25, -0.2) is 4.39 Å². The summed E-state index contributed by atoms with van der Waals surface area (Å²) in [6.07, 6.45) is 1.49. The third-order valence-electron chi connectivity index (χ3n) is 6.97. The van der Waals surface area contributed by atoms with Gasteiger partial charge in [-0.3, -0.25) is 9.69 Å². The van der Waals surface area contributed by atoms with E-state index in [1.54, 1.807) is 19.2 Å². The molecule has 1 aromatic carbocycles. The molecule has 0 aliphatic carbocycles. The summed E-state index contributed by atoms with van der Waals surface area (Å²) in [5.41, 5.74) is 8.50. The average molecular weight is 507 g/mol. The number of ether oxygens (including phenoxy) is 1. The van der Waals surface area contributed by atoms with E-state index in [0.29, 0.717) is 39.2 Å². The summed E-state index contributed by atoms with van der Waals surface area (Å²) < 4.78 is 21.3. The molecule has 1 amide bonds. The van der Waals surface area contributed by atoms with E-state index in [1.165, 1.54) is 6.07 Å². The van der Waals surface area contributed by atoms with Gasteiger partial charge >= 0.3 is 0 Å². The number of benzene rings is 1. The molecule has 0 fully saturated rings. The lowest BCUT2D eigenvalue weighted by Gasteiger charge is -2.33. The third-order valence-corrected chi connectivity index (χ3v) is 6.97. The zero-order valence-corrected chi connectivity index (χ0v) is 23.0. The van der Waals surface area contributed by atoms with Crippen LogP contribution in [0.25, 0.3) is 10.9 Å². The van der Waals surface area contributed by atoms with E-state index >= 15 is 0 Å². The van der Waals surface area contributed by atoms with Gasteiger partial charge in [-0.05, 0) is 56.9 Å². The topological polar surface area (TPSA) is 92.7 Å². The Bertz CT molecular complexity index is 946. The van der Waals surface area contributed by atoms with Crippen LogP contribution < -0.4 is 11.1 Å². The molecule has 1 heterocycles. The number of aliphatic hydroxyl groups is 1. The van der Waals surface area contributed by atoms with E-state index in [0.717, 1.165) is 29.4 Å². The zero-order chi connectivity index (χ0) is 26.8. The van der Waals surface area contributed by atoms with E-state index in [4.69, 9.17) is 10.5 Å². The predicted octanol–water partition coefficient (Wildman–Crippen LogP) is 3.90. The molecule has 0 saturated carbocycles. The Morgan fingerprint density at radius 3 is 2.58 bits per heavy atom. The first-order chi connectivity index (χ1) is 17.1. The van der Waals surface area contributed by atoms with E-state index in [-0.39, 0.29) is 29.6 Å². The average Bonchev–Trinajstić information content (AvgIpc) is 3.15. The summed E-state index contributed by atoms with van der Waals surface area (Å²) in [5.74, 6) is -0.462. The summed E-state index contributed by atoms with van der Waals surface area (Å²) in [5, 5.41) is 14.8. The van der Waals surface area contributed by atoms with Crippen molar-refractivity contribution in [1.82, 2.24) is 14.8 Å². The maximum Gasteiger partial charge on any atom is 0.223 e. The summed E-state index contributed by atoms with van der Waals surface area (Å²) >= 11 is 0. The van der Waals surface area contributed by atoms with Gasteiger partial charge in [0.1, 0.15) is 5.82 Å². The van der Waals surface area contributed by atoms with Crippen molar-refractivity contribution in [2.45, 2.75) is 85.2 Å². The van der Waals surface area contributed by atoms with Crippen LogP contribution in [0.15, 0.2) is 24.3 Å². The van der Waals surface area contributed by atoms with Crippen molar-refractivity contribution in [3.05, 3.63) is 35.8 Å². The molecular weight excluding hydrogens is 459 g/mol. The summed E-state index contributed by atoms with van der Waals surface area (Å²) in [4.78, 5) is 14.9. The van der Waals surface area contributed by atoms with E-state index in [2.05, 4.69) is 35.6 Å². The Kier molecular flexibility index (Phi) is 12.3. The highest BCUT2D eigenvalue weighted by atomic mass is 19.1. The number of nitrogens with zero attached hydrogens (tertiary/aromatic N) is 2. The van der Waals surface area contributed by atoms with E-state index in [9.17, 15) is 14.3 Å². The number of nitrogens with two attached hydrogens (primary N) is 1. The molecule has 3 atom stereocenters. The highest BCUT2D eigenvalue weighted by Gasteiger charge is 2.29. The molecule has 1 aromatic heterocycles. The van der Waals surface area contributed by atoms with Gasteiger partial charge in [0.15, 0.2) is 0 Å². The fourth-order valence-corrected chi connectivity index (χ4v) is 4.57. The lowest BCUT2D eigenvalue weighted by Crippen LogP contribution is -2.49. The monoisotopic (exact) mass is 506 g/mol. The molecule has 0 aliphatic heterocycles. The van der Waals surface area contributed by atoms with Crippen LogP contribution in [0.4, 0.5) is 4.39 Å². The lowest BCUT2D eigenvalue weighted by atomic mass is 9.87. The SMILES string of the molecule is CCCCNC(=O)[C@@H](C[C@H](O)[C@@H](N)CN(Cc1cc2cc(F)ccc2n1CCOC)C(C)C)C(C)C. The number of unbranched alkanes of at least 4 members (excludes halogenated alkanes) is 1. The molecule has 2 rings (SSSR count). The van der Waals surface area contributed by atoms with Gasteiger partial charge in [0, 0.05) is 67.9 Å². The molecule has 0 bridgehead atoms. The standard InChI is InChI=1S/C28H47FN4O3/c1-7-8-11-31-28(35)24(19(2)3)16-27(34)25(30)18-32(20(4)5)17-23-15-21-14-22(29)9-10-26(21)33(23)12-13-36-6/h9-10,14-15,19-20,24-25,27,34H,7-8,11-13,16-18,30H2,1-6H3,(H,31,35)/t24-,25-,27-/m0/s1. The molecular formula is C28H47FN4O3. The quantitative estimate of drug-likeness (QED) is 0.300. The zero-order valence-electron chi connectivity index (χ0n) is 23.0. The Morgan fingerprint density at radius 1 is 1.25 bits per heavy atom. The maximum absolute atomic E-state index is 13.9. The number of hydrogen-bond acceptors (Lipinski definition) is 5. The minimum atomic E-state index is -0.802. The van der Waals surface area contributed by atoms with Crippen molar-refractivity contribution >= 4 is 16.8 Å². The van der Waals surface area contributed by atoms with Crippen LogP contribution in [0.2, 0.25) is 0 Å². The van der Waals surface area contributed by atoms with Crippen LogP contribution in [-0.2, 0) is 22.6 Å². The molecule has 0 radical (unpaired) electrons. The lowest BCUT2D eigenvalue weighted by molar-refractivity contribution is -0.127. The second kappa shape index (κ2) is 14.7. The fourth-order valence-electron chi connectivity index (χ4n) is 4.57. The van der Waals surface area contributed by atoms with Gasteiger partial charge < -0.3 is 25.5 Å². The van der Waals surface area contributed by atoms with Crippen molar-refractivity contribution < 1.29 is 19.0 Å². The van der Waals surface area contributed by atoms with Crippen molar-refractivity contribution in [3.8, 4) is 0 Å². The number of fused-ring (bicyclic) bond motifs is 1. The Balaban J connectivity index is 2.14. The number of carbonyl (C=O) groups is 1. The third kappa shape index (κ3) is 8.54. The van der Waals surface area contributed by atoms with Crippen LogP contribution >= 0.6 is 0 Å². The molecule has 7 nitrogen and oxygen atoms in total. The minimum absolute atomic E-state index is 0.0136. The Hall–Kier alpha value is -2.00. The number of methoxy groups -OCH3 is 1. The molecule has 2 aromatic rings. The van der Waals surface area contributed by atoms with E-state index < -0.39 is 12.1 Å². The molecule has 0 unspecified atom stereocenters. The molecule has 8 heteroatoms. The highest BCUT2D eigenvalue weighted by molar-refractivity contribution is 5.81.